The molecule has 0 amide bonds. The molecule has 4 nitrogen and oxygen atoms in total. The van der Waals surface area contributed by atoms with Gasteiger partial charge in [-0.1, -0.05) is 61.9 Å². The van der Waals surface area contributed by atoms with Crippen LogP contribution in [0.2, 0.25) is 0 Å². The number of alkyl halides is 6. The third-order valence-corrected chi connectivity index (χ3v) is 6.51. The Morgan fingerprint density at radius 3 is 2.00 bits per heavy atom. The maximum Gasteiger partial charge on any atom is 0.431 e. The SMILES string of the molecule is CCCCn1c(=O)c2ccccc2c2cc(C(OCc3ccccc3)(C(F)(F)F)C(F)(F)F)c(OC)cc21. The summed E-state index contributed by atoms with van der Waals surface area (Å²) in [7, 11) is 0.981. The first kappa shape index (κ1) is 27.5. The molecule has 0 radical (unpaired) electrons. The monoisotopic (exact) mass is 537 g/mol. The number of nitrogens with zero attached hydrogens (tertiary/aromatic N) is 1. The van der Waals surface area contributed by atoms with E-state index in [0.29, 0.717) is 12.8 Å². The smallest absolute Gasteiger partial charge is 0.431 e. The van der Waals surface area contributed by atoms with Crippen LogP contribution in [0.5, 0.6) is 5.75 Å². The van der Waals surface area contributed by atoms with Crippen LogP contribution in [0.4, 0.5) is 26.3 Å². The first-order valence-corrected chi connectivity index (χ1v) is 11.9. The Morgan fingerprint density at radius 1 is 0.816 bits per heavy atom. The number of hydrogen-bond donors (Lipinski definition) is 0. The number of hydrogen-bond acceptors (Lipinski definition) is 3. The number of aromatic nitrogens is 1. The summed E-state index contributed by atoms with van der Waals surface area (Å²) in [4.78, 5) is 13.2. The van der Waals surface area contributed by atoms with Gasteiger partial charge in [0.25, 0.3) is 11.2 Å². The summed E-state index contributed by atoms with van der Waals surface area (Å²) < 4.78 is 99.2. The highest BCUT2D eigenvalue weighted by Crippen LogP contribution is 2.56. The highest BCUT2D eigenvalue weighted by molar-refractivity contribution is 6.06. The van der Waals surface area contributed by atoms with Gasteiger partial charge in [-0.2, -0.15) is 26.3 Å². The number of methoxy groups -OCH3 is 1. The van der Waals surface area contributed by atoms with Crippen molar-refractivity contribution >= 4 is 21.7 Å². The van der Waals surface area contributed by atoms with Crippen LogP contribution in [0.3, 0.4) is 0 Å². The lowest BCUT2D eigenvalue weighted by Crippen LogP contribution is -2.56. The molecule has 4 aromatic rings. The van der Waals surface area contributed by atoms with Crippen molar-refractivity contribution in [3.63, 3.8) is 0 Å². The minimum absolute atomic E-state index is 0.0493. The fourth-order valence-corrected chi connectivity index (χ4v) is 4.62. The Bertz CT molecular complexity index is 1480. The molecule has 3 aromatic carbocycles. The first-order chi connectivity index (χ1) is 18.0. The average molecular weight is 538 g/mol. The molecule has 10 heteroatoms. The molecule has 0 aliphatic rings. The van der Waals surface area contributed by atoms with Gasteiger partial charge in [-0.05, 0) is 29.5 Å². The molecular formula is C28H25F6NO3. The van der Waals surface area contributed by atoms with E-state index in [4.69, 9.17) is 9.47 Å². The molecule has 0 saturated heterocycles. The van der Waals surface area contributed by atoms with E-state index in [1.54, 1.807) is 18.2 Å². The molecule has 0 N–H and O–H groups in total. The van der Waals surface area contributed by atoms with Gasteiger partial charge in [-0.25, -0.2) is 0 Å². The van der Waals surface area contributed by atoms with Crippen molar-refractivity contribution in [1.29, 1.82) is 0 Å². The van der Waals surface area contributed by atoms with Crippen LogP contribution >= 0.6 is 0 Å². The second-order valence-corrected chi connectivity index (χ2v) is 8.88. The highest BCUT2D eigenvalue weighted by Gasteiger charge is 2.74. The molecule has 0 aliphatic carbocycles. The Balaban J connectivity index is 2.10. The van der Waals surface area contributed by atoms with Crippen LogP contribution in [-0.2, 0) is 23.5 Å². The Labute approximate surface area is 214 Å². The van der Waals surface area contributed by atoms with Crippen molar-refractivity contribution < 1.29 is 35.8 Å². The zero-order chi connectivity index (χ0) is 27.7. The van der Waals surface area contributed by atoms with E-state index >= 15 is 0 Å². The van der Waals surface area contributed by atoms with E-state index in [1.165, 1.54) is 41.0 Å². The molecule has 0 unspecified atom stereocenters. The highest BCUT2D eigenvalue weighted by atomic mass is 19.4. The quantitative estimate of drug-likeness (QED) is 0.173. The van der Waals surface area contributed by atoms with Crippen LogP contribution in [0.1, 0.15) is 30.9 Å². The lowest BCUT2D eigenvalue weighted by Gasteiger charge is -2.38. The largest absolute Gasteiger partial charge is 0.496 e. The zero-order valence-electron chi connectivity index (χ0n) is 20.6. The van der Waals surface area contributed by atoms with E-state index in [2.05, 4.69) is 0 Å². The second kappa shape index (κ2) is 10.3. The van der Waals surface area contributed by atoms with Gasteiger partial charge in [0, 0.05) is 28.9 Å². The van der Waals surface area contributed by atoms with Crippen molar-refractivity contribution in [3.05, 3.63) is 88.2 Å². The molecule has 202 valence electrons. The first-order valence-electron chi connectivity index (χ1n) is 11.9. The second-order valence-electron chi connectivity index (χ2n) is 8.88. The number of aryl methyl sites for hydroxylation is 1. The number of benzene rings is 3. The predicted octanol–water partition coefficient (Wildman–Crippen LogP) is 7.50. The van der Waals surface area contributed by atoms with Crippen molar-refractivity contribution in [1.82, 2.24) is 4.57 Å². The summed E-state index contributed by atoms with van der Waals surface area (Å²) in [5.41, 5.74) is -6.04. The van der Waals surface area contributed by atoms with E-state index < -0.39 is 41.4 Å². The Kier molecular flexibility index (Phi) is 7.47. The number of halogens is 6. The molecule has 0 saturated carbocycles. The summed E-state index contributed by atoms with van der Waals surface area (Å²) >= 11 is 0. The van der Waals surface area contributed by atoms with Crippen molar-refractivity contribution in [2.75, 3.05) is 7.11 Å². The van der Waals surface area contributed by atoms with Crippen LogP contribution in [0, 0.1) is 0 Å². The molecule has 0 spiro atoms. The zero-order valence-corrected chi connectivity index (χ0v) is 20.6. The molecule has 0 fully saturated rings. The van der Waals surface area contributed by atoms with Gasteiger partial charge in [0.05, 0.1) is 19.2 Å². The molecular weight excluding hydrogens is 512 g/mol. The summed E-state index contributed by atoms with van der Waals surface area (Å²) in [5.74, 6) is -0.694. The standard InChI is InChI=1S/C28H25F6NO3/c1-3-4-14-35-23-16-24(37-2)22(15-21(23)19-12-8-9-13-20(19)25(35)36)26(27(29,30)31,28(32,33)34)38-17-18-10-6-5-7-11-18/h5-13,15-16H,3-4,14,17H2,1-2H3. The van der Waals surface area contributed by atoms with E-state index in [1.807, 2.05) is 6.92 Å². The predicted molar refractivity (Wildman–Crippen MR) is 132 cm³/mol. The van der Waals surface area contributed by atoms with Crippen LogP contribution in [-0.4, -0.2) is 24.0 Å². The number of pyridine rings is 1. The number of unbranched alkanes of at least 4 members (excludes halogenated alkanes) is 1. The molecule has 0 bridgehead atoms. The normalized spacial score (nSPS) is 12.8. The topological polar surface area (TPSA) is 40.5 Å². The third kappa shape index (κ3) is 4.62. The lowest BCUT2D eigenvalue weighted by atomic mass is 9.88. The van der Waals surface area contributed by atoms with Gasteiger partial charge in [0.2, 0.25) is 0 Å². The molecule has 38 heavy (non-hydrogen) atoms. The van der Waals surface area contributed by atoms with Gasteiger partial charge < -0.3 is 14.0 Å². The lowest BCUT2D eigenvalue weighted by molar-refractivity contribution is -0.392. The summed E-state index contributed by atoms with van der Waals surface area (Å²) in [5, 5.41) is 0.459. The third-order valence-electron chi connectivity index (χ3n) is 6.51. The number of fused-ring (bicyclic) bond motifs is 3. The van der Waals surface area contributed by atoms with Gasteiger partial charge in [0.15, 0.2) is 0 Å². The minimum atomic E-state index is -5.91. The summed E-state index contributed by atoms with van der Waals surface area (Å²) in [6.07, 6.45) is -10.5. The maximum atomic E-state index is 14.6. The molecule has 1 aromatic heterocycles. The van der Waals surface area contributed by atoms with Crippen LogP contribution in [0.25, 0.3) is 21.7 Å². The van der Waals surface area contributed by atoms with E-state index in [0.717, 1.165) is 19.2 Å². The van der Waals surface area contributed by atoms with Gasteiger partial charge in [-0.3, -0.25) is 4.79 Å². The van der Waals surface area contributed by atoms with Crippen molar-refractivity contribution in [2.24, 2.45) is 0 Å². The van der Waals surface area contributed by atoms with Gasteiger partial charge in [0.1, 0.15) is 5.75 Å². The minimum Gasteiger partial charge on any atom is -0.496 e. The Morgan fingerprint density at radius 2 is 1.42 bits per heavy atom. The molecule has 4 rings (SSSR count). The Hall–Kier alpha value is -3.53. The molecule has 1 heterocycles. The maximum absolute atomic E-state index is 14.6. The fourth-order valence-electron chi connectivity index (χ4n) is 4.62. The summed E-state index contributed by atoms with van der Waals surface area (Å²) in [6, 6.07) is 15.3. The molecule has 0 aliphatic heterocycles. The average Bonchev–Trinajstić information content (AvgIpc) is 2.88. The van der Waals surface area contributed by atoms with E-state index in [9.17, 15) is 31.1 Å². The van der Waals surface area contributed by atoms with E-state index in [-0.39, 0.29) is 33.8 Å². The van der Waals surface area contributed by atoms with Crippen LogP contribution < -0.4 is 10.3 Å². The summed E-state index contributed by atoms with van der Waals surface area (Å²) in [6.45, 7) is 1.17. The van der Waals surface area contributed by atoms with Gasteiger partial charge >= 0.3 is 12.4 Å². The van der Waals surface area contributed by atoms with Crippen molar-refractivity contribution in [2.45, 2.75) is 50.9 Å². The van der Waals surface area contributed by atoms with Crippen LogP contribution in [0.15, 0.2) is 71.5 Å². The van der Waals surface area contributed by atoms with Crippen molar-refractivity contribution in [3.8, 4) is 5.75 Å². The molecule has 0 atom stereocenters. The van der Waals surface area contributed by atoms with Gasteiger partial charge in [-0.15, -0.1) is 0 Å². The number of rotatable bonds is 8. The fraction of sp³-hybridized carbons (Fsp3) is 0.321. The number of ether oxygens (including phenoxy) is 2.